The zero-order valence-corrected chi connectivity index (χ0v) is 31.2. The van der Waals surface area contributed by atoms with Crippen LogP contribution < -0.4 is 14.8 Å². The molecule has 0 aliphatic carbocycles. The molecule has 0 fully saturated rings. The molecule has 0 spiro atoms. The second kappa shape index (κ2) is 15.7. The molecule has 0 aliphatic rings. The van der Waals surface area contributed by atoms with Crippen molar-refractivity contribution in [1.82, 2.24) is 9.88 Å². The number of aryl methyl sites for hydroxylation is 5. The number of benzene rings is 3. The van der Waals surface area contributed by atoms with E-state index in [1.165, 1.54) is 0 Å². The van der Waals surface area contributed by atoms with Crippen molar-refractivity contribution in [3.05, 3.63) is 80.0 Å². The van der Waals surface area contributed by atoms with Crippen LogP contribution in [0.3, 0.4) is 0 Å². The van der Waals surface area contributed by atoms with E-state index in [1.807, 2.05) is 71.0 Å². The van der Waals surface area contributed by atoms with Gasteiger partial charge in [-0.1, -0.05) is 29.3 Å². The summed E-state index contributed by atoms with van der Waals surface area (Å²) in [6.45, 7) is 15.6. The van der Waals surface area contributed by atoms with Gasteiger partial charge in [-0.05, 0) is 132 Å². The largest absolute Gasteiger partial charge is 0.494 e. The van der Waals surface area contributed by atoms with Crippen LogP contribution in [-0.2, 0) is 15.9 Å². The molecule has 11 heteroatoms. The summed E-state index contributed by atoms with van der Waals surface area (Å²) in [7, 11) is 1.56. The lowest BCUT2D eigenvalue weighted by Crippen LogP contribution is -2.35. The average molecular weight is 714 g/mol. The third-order valence-corrected chi connectivity index (χ3v) is 9.06. The Hall–Kier alpha value is -3.92. The van der Waals surface area contributed by atoms with Crippen LogP contribution in [0, 0.1) is 27.7 Å². The van der Waals surface area contributed by atoms with Crippen molar-refractivity contribution in [2.45, 2.75) is 79.9 Å². The minimum atomic E-state index is -1.08. The van der Waals surface area contributed by atoms with E-state index in [2.05, 4.69) is 5.32 Å². The maximum Gasteiger partial charge on any atom is 0.407 e. The Kier molecular flexibility index (Phi) is 12.2. The van der Waals surface area contributed by atoms with Crippen LogP contribution in [-0.4, -0.2) is 54.4 Å². The molecule has 0 saturated heterocycles. The standard InChI is InChI=1S/C38H46Cl2N2O7/c1-21-15-27(48-20-46-9)16-22(2)31(21)32-30(39)13-12-29-28(11-10-14-47-26-17-23(3)33(40)24(4)18-26)35(36(43)44)42(34(29)32)25(5)19-41-37(45)49-38(6,7)8/h12-13,15-18,25H,10-11,14,19-20H2,1-9H3,(H,41,45)(H,43,44). The number of amides is 1. The van der Waals surface area contributed by atoms with Crippen LogP contribution in [0.25, 0.3) is 22.0 Å². The average Bonchev–Trinajstić information content (AvgIpc) is 3.34. The van der Waals surface area contributed by atoms with Gasteiger partial charge in [0.2, 0.25) is 0 Å². The van der Waals surface area contributed by atoms with Crippen LogP contribution in [0.4, 0.5) is 4.79 Å². The molecule has 49 heavy (non-hydrogen) atoms. The third kappa shape index (κ3) is 8.82. The molecule has 1 aromatic heterocycles. The first-order valence-corrected chi connectivity index (χ1v) is 17.0. The molecular weight excluding hydrogens is 667 g/mol. The van der Waals surface area contributed by atoms with Gasteiger partial charge in [-0.3, -0.25) is 0 Å². The molecule has 264 valence electrons. The van der Waals surface area contributed by atoms with Crippen LogP contribution >= 0.6 is 23.2 Å². The number of aromatic carboxylic acids is 1. The summed E-state index contributed by atoms with van der Waals surface area (Å²) in [5.41, 5.74) is 5.98. The SMILES string of the molecule is COCOc1cc(C)c(-c2c(Cl)ccc3c(CCCOc4cc(C)c(Cl)c(C)c4)c(C(=O)O)n(C(C)CNC(=O)OC(C)(C)C)c23)c(C)c1. The fourth-order valence-electron chi connectivity index (χ4n) is 6.20. The molecule has 4 rings (SSSR count). The summed E-state index contributed by atoms with van der Waals surface area (Å²) in [6.07, 6.45) is 0.382. The number of ether oxygens (including phenoxy) is 4. The fourth-order valence-corrected chi connectivity index (χ4v) is 6.56. The van der Waals surface area contributed by atoms with Crippen LogP contribution in [0.1, 0.15) is 78.5 Å². The van der Waals surface area contributed by atoms with Gasteiger partial charge in [0.25, 0.3) is 0 Å². The number of nitrogens with one attached hydrogen (secondary N) is 1. The Labute approximate surface area is 298 Å². The molecule has 0 radical (unpaired) electrons. The summed E-state index contributed by atoms with van der Waals surface area (Å²) in [6, 6.07) is 10.8. The van der Waals surface area contributed by atoms with Crippen molar-refractivity contribution in [1.29, 1.82) is 0 Å². The van der Waals surface area contributed by atoms with Gasteiger partial charge in [0.15, 0.2) is 6.79 Å². The smallest absolute Gasteiger partial charge is 0.407 e. The summed E-state index contributed by atoms with van der Waals surface area (Å²) in [4.78, 5) is 25.8. The lowest BCUT2D eigenvalue weighted by molar-refractivity contribution is 0.0509. The van der Waals surface area contributed by atoms with E-state index in [-0.39, 0.29) is 19.0 Å². The highest BCUT2D eigenvalue weighted by Crippen LogP contribution is 2.44. The van der Waals surface area contributed by atoms with E-state index in [0.717, 1.165) is 33.2 Å². The number of carbonyl (C=O) groups excluding carboxylic acids is 1. The van der Waals surface area contributed by atoms with Gasteiger partial charge in [-0.15, -0.1) is 0 Å². The highest BCUT2D eigenvalue weighted by Gasteiger charge is 2.29. The van der Waals surface area contributed by atoms with Crippen LogP contribution in [0.2, 0.25) is 10.0 Å². The maximum atomic E-state index is 13.2. The number of aromatic nitrogens is 1. The van der Waals surface area contributed by atoms with Crippen molar-refractivity contribution in [2.24, 2.45) is 0 Å². The first-order valence-electron chi connectivity index (χ1n) is 16.2. The number of carbonyl (C=O) groups is 2. The quantitative estimate of drug-likeness (QED) is 0.105. The Morgan fingerprint density at radius 3 is 2.08 bits per heavy atom. The topological polar surface area (TPSA) is 108 Å². The number of hydrogen-bond acceptors (Lipinski definition) is 6. The second-order valence-electron chi connectivity index (χ2n) is 13.4. The third-order valence-electron chi connectivity index (χ3n) is 8.15. The van der Waals surface area contributed by atoms with E-state index in [0.29, 0.717) is 57.6 Å². The van der Waals surface area contributed by atoms with E-state index in [1.54, 1.807) is 32.4 Å². The van der Waals surface area contributed by atoms with Crippen molar-refractivity contribution >= 4 is 46.2 Å². The maximum absolute atomic E-state index is 13.2. The van der Waals surface area contributed by atoms with Crippen molar-refractivity contribution in [2.75, 3.05) is 27.1 Å². The Morgan fingerprint density at radius 2 is 1.51 bits per heavy atom. The molecular formula is C38H46Cl2N2O7. The highest BCUT2D eigenvalue weighted by atomic mass is 35.5. The molecule has 9 nitrogen and oxygen atoms in total. The summed E-state index contributed by atoms with van der Waals surface area (Å²) >= 11 is 13.4. The molecule has 4 aromatic rings. The van der Waals surface area contributed by atoms with Gasteiger partial charge >= 0.3 is 12.1 Å². The monoisotopic (exact) mass is 712 g/mol. The van der Waals surface area contributed by atoms with E-state index in [4.69, 9.17) is 42.1 Å². The number of methoxy groups -OCH3 is 1. The summed E-state index contributed by atoms with van der Waals surface area (Å²) in [5.74, 6) is 0.270. The van der Waals surface area contributed by atoms with Crippen molar-refractivity contribution in [3.63, 3.8) is 0 Å². The minimum Gasteiger partial charge on any atom is -0.494 e. The highest BCUT2D eigenvalue weighted by molar-refractivity contribution is 6.35. The summed E-state index contributed by atoms with van der Waals surface area (Å²) < 4.78 is 24.1. The molecule has 0 saturated carbocycles. The van der Waals surface area contributed by atoms with E-state index in [9.17, 15) is 14.7 Å². The fraction of sp³-hybridized carbons (Fsp3) is 0.421. The Balaban J connectivity index is 1.84. The number of fused-ring (bicyclic) bond motifs is 1. The lowest BCUT2D eigenvalue weighted by Gasteiger charge is -2.23. The zero-order valence-electron chi connectivity index (χ0n) is 29.7. The van der Waals surface area contributed by atoms with Gasteiger partial charge in [-0.25, -0.2) is 9.59 Å². The lowest BCUT2D eigenvalue weighted by atomic mass is 9.93. The number of nitrogens with zero attached hydrogens (tertiary/aromatic N) is 1. The molecule has 0 bridgehead atoms. The molecule has 1 amide bonds. The Morgan fingerprint density at radius 1 is 0.918 bits per heavy atom. The van der Waals surface area contributed by atoms with Gasteiger partial charge in [-0.2, -0.15) is 0 Å². The Bertz CT molecular complexity index is 1810. The summed E-state index contributed by atoms with van der Waals surface area (Å²) in [5, 5.41) is 15.5. The molecule has 3 aromatic carbocycles. The zero-order chi connectivity index (χ0) is 36.2. The predicted octanol–water partition coefficient (Wildman–Crippen LogP) is 9.63. The number of carboxylic acids is 1. The number of carboxylic acid groups (broad SMARTS) is 1. The van der Waals surface area contributed by atoms with E-state index >= 15 is 0 Å². The number of rotatable bonds is 13. The van der Waals surface area contributed by atoms with Crippen molar-refractivity contribution in [3.8, 4) is 22.6 Å². The normalized spacial score (nSPS) is 12.2. The molecule has 1 unspecified atom stereocenters. The molecule has 1 heterocycles. The predicted molar refractivity (Wildman–Crippen MR) is 195 cm³/mol. The van der Waals surface area contributed by atoms with Crippen LogP contribution in [0.15, 0.2) is 36.4 Å². The molecule has 2 N–H and O–H groups in total. The number of halogens is 2. The molecule has 0 aliphatic heterocycles. The second-order valence-corrected chi connectivity index (χ2v) is 14.1. The van der Waals surface area contributed by atoms with Gasteiger partial charge in [0, 0.05) is 35.7 Å². The van der Waals surface area contributed by atoms with Gasteiger partial charge in [0.05, 0.1) is 17.1 Å². The number of alkyl carbamates (subject to hydrolysis) is 1. The van der Waals surface area contributed by atoms with Gasteiger partial charge < -0.3 is 33.9 Å². The first-order chi connectivity index (χ1) is 23.0. The van der Waals surface area contributed by atoms with Crippen LogP contribution in [0.5, 0.6) is 11.5 Å². The van der Waals surface area contributed by atoms with E-state index < -0.39 is 23.7 Å². The van der Waals surface area contributed by atoms with Gasteiger partial charge in [0.1, 0.15) is 22.8 Å². The first kappa shape index (κ1) is 37.9. The molecule has 1 atom stereocenters. The minimum absolute atomic E-state index is 0.103. The van der Waals surface area contributed by atoms with Crippen molar-refractivity contribution < 1.29 is 33.6 Å². The number of hydrogen-bond donors (Lipinski definition) is 2.